The molecule has 9 heteroatoms. The molecule has 2 aromatic carbocycles. The Hall–Kier alpha value is -3.59. The van der Waals surface area contributed by atoms with E-state index in [1.807, 2.05) is 48.9 Å². The van der Waals surface area contributed by atoms with Crippen molar-refractivity contribution in [3.63, 3.8) is 0 Å². The number of hydrogen-bond donors (Lipinski definition) is 1. The third-order valence-corrected chi connectivity index (χ3v) is 6.04. The highest BCUT2D eigenvalue weighted by atomic mass is 19.2. The van der Waals surface area contributed by atoms with Crippen LogP contribution in [-0.2, 0) is 4.79 Å². The minimum absolute atomic E-state index is 0.0981. The molecule has 2 amide bonds. The quantitative estimate of drug-likeness (QED) is 0.602. The number of halogens is 2. The Labute approximate surface area is 197 Å². The van der Waals surface area contributed by atoms with E-state index in [0.29, 0.717) is 39.1 Å². The van der Waals surface area contributed by atoms with E-state index < -0.39 is 11.6 Å². The lowest BCUT2D eigenvalue weighted by Gasteiger charge is -2.34. The lowest BCUT2D eigenvalue weighted by molar-refractivity contribution is -0.116. The monoisotopic (exact) mass is 467 g/mol. The van der Waals surface area contributed by atoms with Gasteiger partial charge in [0.1, 0.15) is 0 Å². The maximum absolute atomic E-state index is 13.4. The number of amides is 2. The second-order valence-corrected chi connectivity index (χ2v) is 8.35. The summed E-state index contributed by atoms with van der Waals surface area (Å²) in [6, 6.07) is 12.9. The van der Waals surface area contributed by atoms with Crippen molar-refractivity contribution in [2.45, 2.75) is 20.3 Å². The minimum atomic E-state index is -1.03. The van der Waals surface area contributed by atoms with Crippen molar-refractivity contribution in [3.05, 3.63) is 77.1 Å². The zero-order valence-electron chi connectivity index (χ0n) is 19.2. The number of aryl methyl sites for hydroxylation is 1. The summed E-state index contributed by atoms with van der Waals surface area (Å²) in [4.78, 5) is 28.9. The first-order valence-corrected chi connectivity index (χ1v) is 11.2. The van der Waals surface area contributed by atoms with Crippen molar-refractivity contribution >= 4 is 17.5 Å². The van der Waals surface area contributed by atoms with Gasteiger partial charge in [-0.15, -0.1) is 0 Å². The molecule has 7 nitrogen and oxygen atoms in total. The van der Waals surface area contributed by atoms with Crippen LogP contribution in [0.2, 0.25) is 0 Å². The van der Waals surface area contributed by atoms with Crippen molar-refractivity contribution in [1.82, 2.24) is 19.6 Å². The fourth-order valence-corrected chi connectivity index (χ4v) is 4.09. The average molecular weight is 468 g/mol. The predicted octanol–water partition coefficient (Wildman–Crippen LogP) is 3.55. The SMILES string of the molecule is Cc1nn(-c2ccccc2)c(C)c1NC(=O)CCN1CCN(C(=O)c2ccc(F)c(F)c2)CC1. The Morgan fingerprint density at radius 2 is 1.68 bits per heavy atom. The zero-order valence-corrected chi connectivity index (χ0v) is 19.2. The van der Waals surface area contributed by atoms with E-state index in [2.05, 4.69) is 15.3 Å². The molecule has 0 bridgehead atoms. The largest absolute Gasteiger partial charge is 0.336 e. The van der Waals surface area contributed by atoms with Gasteiger partial charge in [-0.05, 0) is 44.2 Å². The van der Waals surface area contributed by atoms with E-state index in [-0.39, 0.29) is 17.4 Å². The van der Waals surface area contributed by atoms with Crippen LogP contribution in [0.4, 0.5) is 14.5 Å². The number of benzene rings is 2. The molecule has 1 aliphatic heterocycles. The summed E-state index contributed by atoms with van der Waals surface area (Å²) in [6.45, 7) is 6.48. The van der Waals surface area contributed by atoms with Gasteiger partial charge in [0.25, 0.3) is 5.91 Å². The number of anilines is 1. The summed E-state index contributed by atoms with van der Waals surface area (Å²) in [5.41, 5.74) is 3.39. The van der Waals surface area contributed by atoms with E-state index in [1.54, 1.807) is 4.90 Å². The van der Waals surface area contributed by atoms with E-state index >= 15 is 0 Å². The molecular weight excluding hydrogens is 440 g/mol. The molecule has 1 aromatic heterocycles. The summed E-state index contributed by atoms with van der Waals surface area (Å²) in [7, 11) is 0. The summed E-state index contributed by atoms with van der Waals surface area (Å²) in [6.07, 6.45) is 0.312. The van der Waals surface area contributed by atoms with Crippen molar-refractivity contribution in [2.24, 2.45) is 0 Å². The number of carbonyl (C=O) groups is 2. The normalized spacial score (nSPS) is 14.3. The van der Waals surface area contributed by atoms with Gasteiger partial charge in [0.2, 0.25) is 5.91 Å². The maximum Gasteiger partial charge on any atom is 0.254 e. The molecular formula is C25H27F2N5O2. The second kappa shape index (κ2) is 10.1. The number of hydrogen-bond acceptors (Lipinski definition) is 4. The van der Waals surface area contributed by atoms with Crippen LogP contribution in [0.25, 0.3) is 5.69 Å². The van der Waals surface area contributed by atoms with Gasteiger partial charge < -0.3 is 10.2 Å². The van der Waals surface area contributed by atoms with Crippen molar-refractivity contribution < 1.29 is 18.4 Å². The molecule has 2 heterocycles. The fourth-order valence-electron chi connectivity index (χ4n) is 4.09. The zero-order chi connectivity index (χ0) is 24.2. The van der Waals surface area contributed by atoms with Gasteiger partial charge in [0.15, 0.2) is 11.6 Å². The summed E-state index contributed by atoms with van der Waals surface area (Å²) >= 11 is 0. The molecule has 1 aliphatic rings. The van der Waals surface area contributed by atoms with Gasteiger partial charge in [-0.2, -0.15) is 5.10 Å². The van der Waals surface area contributed by atoms with Crippen LogP contribution >= 0.6 is 0 Å². The molecule has 0 spiro atoms. The van der Waals surface area contributed by atoms with E-state index in [9.17, 15) is 18.4 Å². The summed E-state index contributed by atoms with van der Waals surface area (Å²) in [5.74, 6) is -2.43. The molecule has 0 atom stereocenters. The third-order valence-electron chi connectivity index (χ3n) is 6.04. The van der Waals surface area contributed by atoms with E-state index in [4.69, 9.17) is 0 Å². The van der Waals surface area contributed by atoms with Gasteiger partial charge in [-0.1, -0.05) is 18.2 Å². The Morgan fingerprint density at radius 1 is 0.971 bits per heavy atom. The van der Waals surface area contributed by atoms with Gasteiger partial charge in [0.05, 0.1) is 22.8 Å². The van der Waals surface area contributed by atoms with Crippen molar-refractivity contribution in [1.29, 1.82) is 0 Å². The summed E-state index contributed by atoms with van der Waals surface area (Å²) < 4.78 is 28.4. The number of carbonyl (C=O) groups excluding carboxylic acids is 2. The molecule has 0 aliphatic carbocycles. The molecule has 0 radical (unpaired) electrons. The molecule has 34 heavy (non-hydrogen) atoms. The molecule has 1 saturated heterocycles. The smallest absolute Gasteiger partial charge is 0.254 e. The molecule has 0 unspecified atom stereocenters. The minimum Gasteiger partial charge on any atom is -0.336 e. The van der Waals surface area contributed by atoms with Crippen molar-refractivity contribution in [2.75, 3.05) is 38.0 Å². The van der Waals surface area contributed by atoms with Gasteiger partial charge >= 0.3 is 0 Å². The van der Waals surface area contributed by atoms with E-state index in [0.717, 1.165) is 34.9 Å². The van der Waals surface area contributed by atoms with Crippen LogP contribution in [0, 0.1) is 25.5 Å². The Balaban J connectivity index is 1.27. The number of nitrogens with one attached hydrogen (secondary N) is 1. The third kappa shape index (κ3) is 5.14. The van der Waals surface area contributed by atoms with Crippen LogP contribution in [-0.4, -0.2) is 64.1 Å². The Bertz CT molecular complexity index is 1190. The standard InChI is InChI=1S/C25H27F2N5O2/c1-17-24(18(2)32(29-17)20-6-4-3-5-7-20)28-23(33)10-11-30-12-14-31(15-13-30)25(34)19-8-9-21(26)22(27)16-19/h3-9,16H,10-15H2,1-2H3,(H,28,33). The van der Waals surface area contributed by atoms with Crippen LogP contribution in [0.15, 0.2) is 48.5 Å². The molecule has 3 aromatic rings. The fraction of sp³-hybridized carbons (Fsp3) is 0.320. The second-order valence-electron chi connectivity index (χ2n) is 8.35. The number of aromatic nitrogens is 2. The highest BCUT2D eigenvalue weighted by Crippen LogP contribution is 2.23. The van der Waals surface area contributed by atoms with Crippen LogP contribution < -0.4 is 5.32 Å². The average Bonchev–Trinajstić information content (AvgIpc) is 3.13. The van der Waals surface area contributed by atoms with Gasteiger partial charge in [-0.25, -0.2) is 13.5 Å². The summed E-state index contributed by atoms with van der Waals surface area (Å²) in [5, 5.41) is 7.54. The molecule has 1 fully saturated rings. The molecule has 4 rings (SSSR count). The maximum atomic E-state index is 13.4. The molecule has 178 valence electrons. The first kappa shape index (κ1) is 23.6. The van der Waals surface area contributed by atoms with Gasteiger partial charge in [0, 0.05) is 44.7 Å². The van der Waals surface area contributed by atoms with Gasteiger partial charge in [-0.3, -0.25) is 14.5 Å². The van der Waals surface area contributed by atoms with Crippen LogP contribution in [0.5, 0.6) is 0 Å². The Morgan fingerprint density at radius 3 is 2.35 bits per heavy atom. The number of nitrogens with zero attached hydrogens (tertiary/aromatic N) is 4. The predicted molar refractivity (Wildman–Crippen MR) is 125 cm³/mol. The molecule has 0 saturated carbocycles. The van der Waals surface area contributed by atoms with Crippen LogP contribution in [0.3, 0.4) is 0 Å². The first-order chi connectivity index (χ1) is 16.3. The van der Waals surface area contributed by atoms with E-state index in [1.165, 1.54) is 6.07 Å². The Kier molecular flexibility index (Phi) is 7.02. The lowest BCUT2D eigenvalue weighted by atomic mass is 10.1. The highest BCUT2D eigenvalue weighted by Gasteiger charge is 2.23. The molecule has 1 N–H and O–H groups in total. The highest BCUT2D eigenvalue weighted by molar-refractivity contribution is 5.94. The lowest BCUT2D eigenvalue weighted by Crippen LogP contribution is -2.49. The topological polar surface area (TPSA) is 70.5 Å². The number of piperazine rings is 1. The first-order valence-electron chi connectivity index (χ1n) is 11.2. The number of rotatable bonds is 6. The number of para-hydroxylation sites is 1. The van der Waals surface area contributed by atoms with Crippen molar-refractivity contribution in [3.8, 4) is 5.69 Å². The van der Waals surface area contributed by atoms with Crippen LogP contribution in [0.1, 0.15) is 28.2 Å².